The molecule has 0 radical (unpaired) electrons. The van der Waals surface area contributed by atoms with Gasteiger partial charge >= 0.3 is 0 Å². The average molecular weight is 456 g/mol. The van der Waals surface area contributed by atoms with E-state index in [-0.39, 0.29) is 17.4 Å². The molecule has 2 atom stereocenters. The fraction of sp³-hybridized carbons (Fsp3) is 0.480. The third kappa shape index (κ3) is 5.97. The van der Waals surface area contributed by atoms with Crippen molar-refractivity contribution in [3.8, 4) is 0 Å². The second kappa shape index (κ2) is 10.1. The number of sulfone groups is 1. The quantitative estimate of drug-likeness (QED) is 0.724. The minimum atomic E-state index is -3.01. The van der Waals surface area contributed by atoms with Crippen molar-refractivity contribution >= 4 is 21.4 Å². The minimum Gasteiger partial charge on any atom is -0.324 e. The Morgan fingerprint density at radius 3 is 2.38 bits per heavy atom. The average Bonchev–Trinajstić information content (AvgIpc) is 2.77. The van der Waals surface area contributed by atoms with E-state index in [1.165, 1.54) is 18.4 Å². The second-order valence-corrected chi connectivity index (χ2v) is 11.5. The number of piperidine rings is 1. The molecule has 1 amide bonds. The van der Waals surface area contributed by atoms with Gasteiger partial charge in [-0.05, 0) is 48.6 Å². The summed E-state index contributed by atoms with van der Waals surface area (Å²) in [5.41, 5.74) is 2.88. The second-order valence-electron chi connectivity index (χ2n) is 9.17. The lowest BCUT2D eigenvalue weighted by Gasteiger charge is -2.33. The standard InChI is InChI=1S/C25H33N3O3S/c1-20-6-5-13-27(18-20)19-21-9-11-23(12-10-21)26-25(29)24(22-7-3-2-4-8-22)28-14-16-32(30,31)17-15-28/h2-4,7-12,20,24H,5-6,13-19H2,1H3,(H,26,29). The summed E-state index contributed by atoms with van der Waals surface area (Å²) in [7, 11) is -3.01. The largest absolute Gasteiger partial charge is 0.324 e. The van der Waals surface area contributed by atoms with Gasteiger partial charge in [0.05, 0.1) is 11.5 Å². The highest BCUT2D eigenvalue weighted by Crippen LogP contribution is 2.25. The fourth-order valence-corrected chi connectivity index (χ4v) is 5.97. The van der Waals surface area contributed by atoms with Gasteiger partial charge in [-0.2, -0.15) is 0 Å². The van der Waals surface area contributed by atoms with Crippen molar-refractivity contribution in [2.24, 2.45) is 5.92 Å². The number of hydrogen-bond donors (Lipinski definition) is 1. The lowest BCUT2D eigenvalue weighted by Crippen LogP contribution is -2.46. The van der Waals surface area contributed by atoms with Crippen molar-refractivity contribution in [3.63, 3.8) is 0 Å². The van der Waals surface area contributed by atoms with Crippen LogP contribution in [0, 0.1) is 5.92 Å². The summed E-state index contributed by atoms with van der Waals surface area (Å²) in [6.45, 7) is 6.26. The van der Waals surface area contributed by atoms with Gasteiger partial charge in [0.1, 0.15) is 6.04 Å². The number of nitrogens with zero attached hydrogens (tertiary/aromatic N) is 2. The SMILES string of the molecule is CC1CCCN(Cc2ccc(NC(=O)C(c3ccccc3)N3CCS(=O)(=O)CC3)cc2)C1. The van der Waals surface area contributed by atoms with Crippen molar-refractivity contribution in [1.82, 2.24) is 9.80 Å². The molecule has 2 fully saturated rings. The van der Waals surface area contributed by atoms with Gasteiger partial charge in [0.25, 0.3) is 0 Å². The Labute approximate surface area is 191 Å². The van der Waals surface area contributed by atoms with Crippen LogP contribution in [0.25, 0.3) is 0 Å². The van der Waals surface area contributed by atoms with E-state index < -0.39 is 15.9 Å². The summed E-state index contributed by atoms with van der Waals surface area (Å²) in [5, 5.41) is 3.05. The van der Waals surface area contributed by atoms with E-state index in [1.54, 1.807) is 0 Å². The van der Waals surface area contributed by atoms with E-state index in [0.29, 0.717) is 13.1 Å². The first-order valence-electron chi connectivity index (χ1n) is 11.5. The maximum absolute atomic E-state index is 13.3. The number of carbonyl (C=O) groups is 1. The van der Waals surface area contributed by atoms with Crippen molar-refractivity contribution < 1.29 is 13.2 Å². The van der Waals surface area contributed by atoms with E-state index >= 15 is 0 Å². The molecular formula is C25H33N3O3S. The predicted octanol–water partition coefficient (Wildman–Crippen LogP) is 3.33. The number of likely N-dealkylation sites (tertiary alicyclic amines) is 1. The van der Waals surface area contributed by atoms with E-state index in [2.05, 4.69) is 29.3 Å². The number of benzene rings is 2. The van der Waals surface area contributed by atoms with Gasteiger partial charge in [-0.25, -0.2) is 8.42 Å². The van der Waals surface area contributed by atoms with Crippen LogP contribution >= 0.6 is 0 Å². The number of nitrogens with one attached hydrogen (secondary N) is 1. The van der Waals surface area contributed by atoms with Crippen LogP contribution in [0.15, 0.2) is 54.6 Å². The van der Waals surface area contributed by atoms with Gasteiger partial charge in [-0.1, -0.05) is 49.4 Å². The molecule has 2 unspecified atom stereocenters. The van der Waals surface area contributed by atoms with Crippen LogP contribution in [0.3, 0.4) is 0 Å². The highest BCUT2D eigenvalue weighted by atomic mass is 32.2. The topological polar surface area (TPSA) is 69.7 Å². The molecule has 0 saturated carbocycles. The first kappa shape index (κ1) is 23.0. The van der Waals surface area contributed by atoms with E-state index in [1.807, 2.05) is 47.4 Å². The molecule has 2 aromatic carbocycles. The number of hydrogen-bond acceptors (Lipinski definition) is 5. The Hall–Kier alpha value is -2.22. The van der Waals surface area contributed by atoms with Crippen LogP contribution in [0.4, 0.5) is 5.69 Å². The summed E-state index contributed by atoms with van der Waals surface area (Å²) in [6, 6.07) is 17.2. The van der Waals surface area contributed by atoms with Gasteiger partial charge in [0.2, 0.25) is 5.91 Å². The van der Waals surface area contributed by atoms with Gasteiger partial charge < -0.3 is 5.32 Å². The maximum Gasteiger partial charge on any atom is 0.246 e. The first-order valence-corrected chi connectivity index (χ1v) is 13.3. The van der Waals surface area contributed by atoms with E-state index in [9.17, 15) is 13.2 Å². The molecule has 7 heteroatoms. The lowest BCUT2D eigenvalue weighted by atomic mass is 10.00. The summed E-state index contributed by atoms with van der Waals surface area (Å²) >= 11 is 0. The molecular weight excluding hydrogens is 422 g/mol. The van der Waals surface area contributed by atoms with Gasteiger partial charge in [0, 0.05) is 31.9 Å². The Kier molecular flexibility index (Phi) is 7.28. The van der Waals surface area contributed by atoms with Crippen molar-refractivity contribution in [2.45, 2.75) is 32.4 Å². The van der Waals surface area contributed by atoms with E-state index in [4.69, 9.17) is 0 Å². The molecule has 2 aromatic rings. The normalized spacial score (nSPS) is 22.8. The van der Waals surface area contributed by atoms with Crippen LogP contribution in [0.1, 0.15) is 36.9 Å². The molecule has 2 heterocycles. The third-order valence-electron chi connectivity index (χ3n) is 6.48. The van der Waals surface area contributed by atoms with Gasteiger partial charge in [-0.3, -0.25) is 14.6 Å². The number of amides is 1. The Morgan fingerprint density at radius 1 is 1.03 bits per heavy atom. The van der Waals surface area contributed by atoms with Crippen molar-refractivity contribution in [3.05, 3.63) is 65.7 Å². The fourth-order valence-electron chi connectivity index (χ4n) is 4.74. The molecule has 4 rings (SSSR count). The third-order valence-corrected chi connectivity index (χ3v) is 8.09. The molecule has 2 aliphatic rings. The first-order chi connectivity index (χ1) is 15.4. The number of carbonyl (C=O) groups excluding carboxylic acids is 1. The predicted molar refractivity (Wildman–Crippen MR) is 128 cm³/mol. The summed E-state index contributed by atoms with van der Waals surface area (Å²) in [4.78, 5) is 17.8. The van der Waals surface area contributed by atoms with Crippen LogP contribution in [0.2, 0.25) is 0 Å². The summed E-state index contributed by atoms with van der Waals surface area (Å²) < 4.78 is 23.8. The van der Waals surface area contributed by atoms with Crippen LogP contribution in [-0.2, 0) is 21.2 Å². The van der Waals surface area contributed by atoms with Crippen molar-refractivity contribution in [1.29, 1.82) is 0 Å². The molecule has 172 valence electrons. The molecule has 0 aliphatic carbocycles. The zero-order valence-corrected chi connectivity index (χ0v) is 19.6. The Bertz CT molecular complexity index is 994. The zero-order chi connectivity index (χ0) is 22.6. The van der Waals surface area contributed by atoms with Gasteiger partial charge in [0.15, 0.2) is 9.84 Å². The van der Waals surface area contributed by atoms with Crippen LogP contribution < -0.4 is 5.32 Å². The minimum absolute atomic E-state index is 0.0907. The zero-order valence-electron chi connectivity index (χ0n) is 18.7. The summed E-state index contributed by atoms with van der Waals surface area (Å²) in [6.07, 6.45) is 2.57. The number of rotatable bonds is 6. The Morgan fingerprint density at radius 2 is 1.72 bits per heavy atom. The van der Waals surface area contributed by atoms with Gasteiger partial charge in [-0.15, -0.1) is 0 Å². The highest BCUT2D eigenvalue weighted by Gasteiger charge is 2.32. The Balaban J connectivity index is 1.43. The molecule has 1 N–H and O–H groups in total. The smallest absolute Gasteiger partial charge is 0.246 e. The monoisotopic (exact) mass is 455 g/mol. The molecule has 32 heavy (non-hydrogen) atoms. The molecule has 0 bridgehead atoms. The molecule has 0 spiro atoms. The molecule has 6 nitrogen and oxygen atoms in total. The van der Waals surface area contributed by atoms with Crippen molar-refractivity contribution in [2.75, 3.05) is 43.0 Å². The molecule has 2 aliphatic heterocycles. The van der Waals surface area contributed by atoms with Crippen LogP contribution in [0.5, 0.6) is 0 Å². The van der Waals surface area contributed by atoms with Crippen LogP contribution in [-0.4, -0.2) is 61.8 Å². The highest BCUT2D eigenvalue weighted by molar-refractivity contribution is 7.91. The van der Waals surface area contributed by atoms with E-state index in [0.717, 1.165) is 36.8 Å². The number of anilines is 1. The maximum atomic E-state index is 13.3. The summed E-state index contributed by atoms with van der Waals surface area (Å²) in [5.74, 6) is 0.802. The molecule has 2 saturated heterocycles. The lowest BCUT2D eigenvalue weighted by molar-refractivity contribution is -0.121. The molecule has 0 aromatic heterocycles.